The largest absolute Gasteiger partial charge is 0.391 e. The Kier molecular flexibility index (Phi) is 6.30. The van der Waals surface area contributed by atoms with Gasteiger partial charge in [0.05, 0.1) is 18.2 Å². The molecule has 1 heterocycles. The summed E-state index contributed by atoms with van der Waals surface area (Å²) in [7, 11) is 0. The van der Waals surface area contributed by atoms with Crippen molar-refractivity contribution in [2.45, 2.75) is 58.3 Å². The van der Waals surface area contributed by atoms with Crippen LogP contribution in [0.5, 0.6) is 0 Å². The van der Waals surface area contributed by atoms with E-state index in [1.54, 1.807) is 0 Å². The number of nitrogens with zero attached hydrogens (tertiary/aromatic N) is 1. The average Bonchev–Trinajstić information content (AvgIpc) is 3.01. The summed E-state index contributed by atoms with van der Waals surface area (Å²) >= 11 is 0. The van der Waals surface area contributed by atoms with E-state index < -0.39 is 23.6 Å². The number of carbonyl (C=O) groups excluding carboxylic acids is 2. The highest BCUT2D eigenvalue weighted by Crippen LogP contribution is 2.25. The number of nitrogens with two attached hydrogens (primary N) is 1. The fraction of sp³-hybridized carbons (Fsp3) is 0.524. The summed E-state index contributed by atoms with van der Waals surface area (Å²) in [6.07, 6.45) is 4.83. The minimum atomic E-state index is -0.744. The third-order valence-electron chi connectivity index (χ3n) is 5.00. The van der Waals surface area contributed by atoms with Gasteiger partial charge in [0.1, 0.15) is 6.04 Å². The van der Waals surface area contributed by atoms with Gasteiger partial charge in [0, 0.05) is 18.5 Å². The quantitative estimate of drug-likeness (QED) is 0.693. The maximum atomic E-state index is 12.8. The maximum absolute atomic E-state index is 12.8. The molecular formula is C21H29N3O3. The van der Waals surface area contributed by atoms with E-state index in [2.05, 4.69) is 11.2 Å². The second kappa shape index (κ2) is 8.12. The monoisotopic (exact) mass is 371 g/mol. The Morgan fingerprint density at radius 2 is 1.93 bits per heavy atom. The van der Waals surface area contributed by atoms with E-state index >= 15 is 0 Å². The number of nitrogens with one attached hydrogen (secondary N) is 1. The zero-order valence-electron chi connectivity index (χ0n) is 16.4. The fourth-order valence-electron chi connectivity index (χ4n) is 3.12. The van der Waals surface area contributed by atoms with E-state index in [0.29, 0.717) is 0 Å². The van der Waals surface area contributed by atoms with Crippen molar-refractivity contribution in [1.82, 2.24) is 10.2 Å². The van der Waals surface area contributed by atoms with E-state index in [9.17, 15) is 14.7 Å². The lowest BCUT2D eigenvalue weighted by molar-refractivity contribution is -0.141. The van der Waals surface area contributed by atoms with Gasteiger partial charge in [0.25, 0.3) is 0 Å². The Balaban J connectivity index is 2.10. The van der Waals surface area contributed by atoms with Gasteiger partial charge in [-0.3, -0.25) is 9.59 Å². The molecule has 0 bridgehead atoms. The van der Waals surface area contributed by atoms with Crippen molar-refractivity contribution in [3.63, 3.8) is 0 Å². The van der Waals surface area contributed by atoms with Gasteiger partial charge in [0.15, 0.2) is 0 Å². The van der Waals surface area contributed by atoms with E-state index in [4.69, 9.17) is 12.2 Å². The van der Waals surface area contributed by atoms with Gasteiger partial charge < -0.3 is 21.1 Å². The van der Waals surface area contributed by atoms with Crippen molar-refractivity contribution >= 4 is 11.8 Å². The standard InChI is InChI=1S/C21H29N3O3/c1-6-14-7-9-15(10-8-14)13(2)23-19(26)17-11-16(25)12-24(17)20(27)18(22)21(3,4)5/h1,7-10,13,16-18,25H,11-12,22H2,2-5H3,(H,23,26)/t13-,16+,17-,18+/m0/s1. The summed E-state index contributed by atoms with van der Waals surface area (Å²) in [5.41, 5.74) is 7.32. The first-order chi connectivity index (χ1) is 12.5. The average molecular weight is 371 g/mol. The van der Waals surface area contributed by atoms with E-state index in [-0.39, 0.29) is 30.8 Å². The number of carbonyl (C=O) groups is 2. The zero-order valence-corrected chi connectivity index (χ0v) is 16.4. The number of β-amino-alcohol motifs (C(OH)–C–C–N with tert-alkyl or cyclic N) is 1. The fourth-order valence-corrected chi connectivity index (χ4v) is 3.12. The molecule has 0 spiro atoms. The Labute approximate surface area is 161 Å². The Hall–Kier alpha value is -2.36. The third kappa shape index (κ3) is 4.88. The molecule has 1 saturated heterocycles. The normalized spacial score (nSPS) is 22.0. The molecule has 1 aliphatic rings. The van der Waals surface area contributed by atoms with Crippen molar-refractivity contribution < 1.29 is 14.7 Å². The molecule has 4 atom stereocenters. The number of rotatable bonds is 4. The highest BCUT2D eigenvalue weighted by atomic mass is 16.3. The summed E-state index contributed by atoms with van der Waals surface area (Å²) in [6, 6.07) is 5.63. The van der Waals surface area contributed by atoms with Crippen LogP contribution in [0.25, 0.3) is 0 Å². The highest BCUT2D eigenvalue weighted by Gasteiger charge is 2.42. The maximum Gasteiger partial charge on any atom is 0.243 e. The predicted molar refractivity (Wildman–Crippen MR) is 104 cm³/mol. The zero-order chi connectivity index (χ0) is 20.4. The van der Waals surface area contributed by atoms with Crippen molar-refractivity contribution in [2.24, 2.45) is 11.1 Å². The number of aliphatic hydroxyl groups is 1. The molecule has 27 heavy (non-hydrogen) atoms. The van der Waals surface area contributed by atoms with Crippen LogP contribution in [-0.2, 0) is 9.59 Å². The van der Waals surface area contributed by atoms with Crippen LogP contribution in [0.1, 0.15) is 51.3 Å². The number of aliphatic hydroxyl groups excluding tert-OH is 1. The molecular weight excluding hydrogens is 342 g/mol. The molecule has 6 heteroatoms. The first-order valence-corrected chi connectivity index (χ1v) is 9.15. The van der Waals surface area contributed by atoms with Gasteiger partial charge in [0.2, 0.25) is 11.8 Å². The number of amides is 2. The number of likely N-dealkylation sites (tertiary alicyclic amines) is 1. The van der Waals surface area contributed by atoms with Crippen LogP contribution < -0.4 is 11.1 Å². The topological polar surface area (TPSA) is 95.7 Å². The van der Waals surface area contributed by atoms with Crippen molar-refractivity contribution in [1.29, 1.82) is 0 Å². The molecule has 0 saturated carbocycles. The van der Waals surface area contributed by atoms with Gasteiger partial charge in [-0.05, 0) is 30.0 Å². The number of terminal acetylenes is 1. The third-order valence-corrected chi connectivity index (χ3v) is 5.00. The van der Waals surface area contributed by atoms with Crippen LogP contribution in [0, 0.1) is 17.8 Å². The lowest BCUT2D eigenvalue weighted by Crippen LogP contribution is -2.55. The van der Waals surface area contributed by atoms with E-state index in [1.165, 1.54) is 4.90 Å². The van der Waals surface area contributed by atoms with Crippen LogP contribution in [0.4, 0.5) is 0 Å². The van der Waals surface area contributed by atoms with Crippen LogP contribution in [0.2, 0.25) is 0 Å². The number of hydrogen-bond acceptors (Lipinski definition) is 4. The van der Waals surface area contributed by atoms with Crippen LogP contribution >= 0.6 is 0 Å². The molecule has 1 aromatic rings. The highest BCUT2D eigenvalue weighted by molar-refractivity contribution is 5.91. The van der Waals surface area contributed by atoms with Gasteiger partial charge in [-0.15, -0.1) is 6.42 Å². The summed E-state index contributed by atoms with van der Waals surface area (Å²) in [5, 5.41) is 12.9. The van der Waals surface area contributed by atoms with Crippen LogP contribution in [0.15, 0.2) is 24.3 Å². The smallest absolute Gasteiger partial charge is 0.243 e. The molecule has 1 fully saturated rings. The number of benzene rings is 1. The second-order valence-corrected chi connectivity index (χ2v) is 8.24. The Morgan fingerprint density at radius 1 is 1.33 bits per heavy atom. The number of hydrogen-bond donors (Lipinski definition) is 3. The first-order valence-electron chi connectivity index (χ1n) is 9.15. The van der Waals surface area contributed by atoms with Gasteiger partial charge >= 0.3 is 0 Å². The lowest BCUT2D eigenvalue weighted by atomic mass is 9.86. The molecule has 0 unspecified atom stereocenters. The molecule has 2 rings (SSSR count). The van der Waals surface area contributed by atoms with Gasteiger partial charge in [-0.25, -0.2) is 0 Å². The molecule has 146 valence electrons. The lowest BCUT2D eigenvalue weighted by Gasteiger charge is -2.32. The van der Waals surface area contributed by atoms with Crippen molar-refractivity contribution in [3.05, 3.63) is 35.4 Å². The Morgan fingerprint density at radius 3 is 2.44 bits per heavy atom. The second-order valence-electron chi connectivity index (χ2n) is 8.24. The molecule has 0 aliphatic carbocycles. The molecule has 6 nitrogen and oxygen atoms in total. The first kappa shape index (κ1) is 20.9. The molecule has 0 radical (unpaired) electrons. The summed E-state index contributed by atoms with van der Waals surface area (Å²) in [4.78, 5) is 27.0. The molecule has 1 aliphatic heterocycles. The SMILES string of the molecule is C#Cc1ccc([C@H](C)NC(=O)[C@@H]2C[C@@H](O)CN2C(=O)[C@@H](N)C(C)(C)C)cc1. The van der Waals surface area contributed by atoms with Crippen LogP contribution in [-0.4, -0.2) is 46.6 Å². The minimum Gasteiger partial charge on any atom is -0.391 e. The molecule has 0 aromatic heterocycles. The molecule has 2 amide bonds. The van der Waals surface area contributed by atoms with E-state index in [1.807, 2.05) is 52.0 Å². The summed E-state index contributed by atoms with van der Waals surface area (Å²) in [6.45, 7) is 7.60. The van der Waals surface area contributed by atoms with Crippen molar-refractivity contribution in [2.75, 3.05) is 6.54 Å². The molecule has 4 N–H and O–H groups in total. The van der Waals surface area contributed by atoms with E-state index in [0.717, 1.165) is 11.1 Å². The Bertz CT molecular complexity index is 731. The summed E-state index contributed by atoms with van der Waals surface area (Å²) in [5.74, 6) is 1.94. The van der Waals surface area contributed by atoms with Gasteiger partial charge in [-0.2, -0.15) is 0 Å². The predicted octanol–water partition coefficient (Wildman–Crippen LogP) is 1.18. The van der Waals surface area contributed by atoms with Crippen molar-refractivity contribution in [3.8, 4) is 12.3 Å². The minimum absolute atomic E-state index is 0.117. The van der Waals surface area contributed by atoms with Gasteiger partial charge in [-0.1, -0.05) is 38.8 Å². The summed E-state index contributed by atoms with van der Waals surface area (Å²) < 4.78 is 0. The van der Waals surface area contributed by atoms with Crippen LogP contribution in [0.3, 0.4) is 0 Å². The molecule has 1 aromatic carbocycles.